The van der Waals surface area contributed by atoms with Gasteiger partial charge in [-0.1, -0.05) is 52.6 Å². The molecule has 7 heteroatoms. The summed E-state index contributed by atoms with van der Waals surface area (Å²) >= 11 is 19.6. The Hall–Kier alpha value is -1.20. The third-order valence-corrected chi connectivity index (χ3v) is 5.52. The molecule has 3 nitrogen and oxygen atoms in total. The second-order valence-corrected chi connectivity index (χ2v) is 7.29. The number of nitrogens with zero attached hydrogens (tertiary/aromatic N) is 3. The highest BCUT2D eigenvalue weighted by molar-refractivity contribution is 7.98. The fourth-order valence-electron chi connectivity index (χ4n) is 2.27. The summed E-state index contributed by atoms with van der Waals surface area (Å²) in [5, 5.41) is 11.4. The molecule has 24 heavy (non-hydrogen) atoms. The average molecular weight is 399 g/mol. The molecule has 2 aromatic carbocycles. The predicted octanol–water partition coefficient (Wildman–Crippen LogP) is 6.22. The molecule has 3 aromatic rings. The van der Waals surface area contributed by atoms with Crippen LogP contribution in [0.15, 0.2) is 47.6 Å². The van der Waals surface area contributed by atoms with Gasteiger partial charge in [-0.15, -0.1) is 10.2 Å². The SMILES string of the molecule is CCn1c(SCc2ccc(Cl)c(Cl)c2)nnc1-c1ccc(Cl)cc1. The Balaban J connectivity index is 1.81. The lowest BCUT2D eigenvalue weighted by Crippen LogP contribution is -1.99. The third kappa shape index (κ3) is 3.89. The van der Waals surface area contributed by atoms with E-state index in [9.17, 15) is 0 Å². The number of hydrogen-bond donors (Lipinski definition) is 0. The van der Waals surface area contributed by atoms with Crippen LogP contribution in [0.5, 0.6) is 0 Å². The van der Waals surface area contributed by atoms with Crippen LogP contribution in [0.1, 0.15) is 12.5 Å². The maximum Gasteiger partial charge on any atom is 0.191 e. The molecule has 0 aliphatic rings. The van der Waals surface area contributed by atoms with Crippen molar-refractivity contribution in [1.29, 1.82) is 0 Å². The molecule has 0 saturated heterocycles. The monoisotopic (exact) mass is 397 g/mol. The molecule has 0 spiro atoms. The second-order valence-electron chi connectivity index (χ2n) is 5.09. The van der Waals surface area contributed by atoms with Gasteiger partial charge in [0.15, 0.2) is 11.0 Å². The van der Waals surface area contributed by atoms with Crippen LogP contribution in [0, 0.1) is 0 Å². The molecular formula is C17H14Cl3N3S. The summed E-state index contributed by atoms with van der Waals surface area (Å²) in [7, 11) is 0. The van der Waals surface area contributed by atoms with Crippen molar-refractivity contribution in [1.82, 2.24) is 14.8 Å². The van der Waals surface area contributed by atoms with Gasteiger partial charge in [0.25, 0.3) is 0 Å². The van der Waals surface area contributed by atoms with Crippen LogP contribution in [0.3, 0.4) is 0 Å². The number of thioether (sulfide) groups is 1. The van der Waals surface area contributed by atoms with Gasteiger partial charge in [-0.25, -0.2) is 0 Å². The lowest BCUT2D eigenvalue weighted by Gasteiger charge is -2.08. The Labute approximate surface area is 160 Å². The van der Waals surface area contributed by atoms with E-state index >= 15 is 0 Å². The molecule has 0 fully saturated rings. The normalized spacial score (nSPS) is 11.0. The van der Waals surface area contributed by atoms with E-state index in [1.807, 2.05) is 42.5 Å². The molecule has 1 heterocycles. The molecule has 0 aliphatic heterocycles. The van der Waals surface area contributed by atoms with Crippen LogP contribution in [0.25, 0.3) is 11.4 Å². The standard InChI is InChI=1S/C17H14Cl3N3S/c1-2-23-16(12-4-6-13(18)7-5-12)21-22-17(23)24-10-11-3-8-14(19)15(20)9-11/h3-9H,2,10H2,1H3. The van der Waals surface area contributed by atoms with Gasteiger partial charge in [-0.3, -0.25) is 0 Å². The van der Waals surface area contributed by atoms with Gasteiger partial charge in [0.05, 0.1) is 10.0 Å². The molecule has 0 amide bonds. The number of halogens is 3. The summed E-state index contributed by atoms with van der Waals surface area (Å²) < 4.78 is 2.09. The minimum atomic E-state index is 0.562. The zero-order valence-electron chi connectivity index (χ0n) is 12.8. The van der Waals surface area contributed by atoms with Crippen molar-refractivity contribution in [2.45, 2.75) is 24.4 Å². The molecule has 1 aromatic heterocycles. The Kier molecular flexibility index (Phi) is 5.72. The van der Waals surface area contributed by atoms with Crippen LogP contribution in [0.2, 0.25) is 15.1 Å². The zero-order valence-corrected chi connectivity index (χ0v) is 15.9. The molecular weight excluding hydrogens is 385 g/mol. The molecule has 0 aliphatic carbocycles. The largest absolute Gasteiger partial charge is 0.302 e. The molecule has 0 N–H and O–H groups in total. The maximum atomic E-state index is 6.07. The van der Waals surface area contributed by atoms with Crippen LogP contribution in [-0.4, -0.2) is 14.8 Å². The van der Waals surface area contributed by atoms with Crippen molar-refractivity contribution in [3.05, 3.63) is 63.1 Å². The first-order chi connectivity index (χ1) is 11.6. The predicted molar refractivity (Wildman–Crippen MR) is 102 cm³/mol. The highest BCUT2D eigenvalue weighted by Crippen LogP contribution is 2.29. The van der Waals surface area contributed by atoms with Gasteiger partial charge in [-0.05, 0) is 48.9 Å². The Morgan fingerprint density at radius 2 is 1.71 bits per heavy atom. The molecule has 0 saturated carbocycles. The fourth-order valence-corrected chi connectivity index (χ4v) is 3.66. The van der Waals surface area contributed by atoms with E-state index < -0.39 is 0 Å². The lowest BCUT2D eigenvalue weighted by molar-refractivity contribution is 0.687. The summed E-state index contributed by atoms with van der Waals surface area (Å²) in [6.07, 6.45) is 0. The minimum Gasteiger partial charge on any atom is -0.302 e. The van der Waals surface area contributed by atoms with Gasteiger partial charge in [0.1, 0.15) is 0 Å². The average Bonchev–Trinajstić information content (AvgIpc) is 2.99. The number of benzene rings is 2. The second kappa shape index (κ2) is 7.79. The summed E-state index contributed by atoms with van der Waals surface area (Å²) in [6, 6.07) is 13.3. The highest BCUT2D eigenvalue weighted by atomic mass is 35.5. The van der Waals surface area contributed by atoms with Crippen LogP contribution < -0.4 is 0 Å². The van der Waals surface area contributed by atoms with E-state index in [0.29, 0.717) is 15.1 Å². The van der Waals surface area contributed by atoms with Gasteiger partial charge in [-0.2, -0.15) is 0 Å². The number of rotatable bonds is 5. The minimum absolute atomic E-state index is 0.562. The van der Waals surface area contributed by atoms with Crippen molar-refractivity contribution in [2.24, 2.45) is 0 Å². The van der Waals surface area contributed by atoms with E-state index in [-0.39, 0.29) is 0 Å². The molecule has 0 bridgehead atoms. The Bertz CT molecular complexity index is 847. The Morgan fingerprint density at radius 1 is 0.958 bits per heavy atom. The first-order valence-corrected chi connectivity index (χ1v) is 9.46. The quantitative estimate of drug-likeness (QED) is 0.478. The van der Waals surface area contributed by atoms with Crippen LogP contribution in [-0.2, 0) is 12.3 Å². The number of hydrogen-bond acceptors (Lipinski definition) is 3. The zero-order chi connectivity index (χ0) is 17.1. The molecule has 3 rings (SSSR count). The lowest BCUT2D eigenvalue weighted by atomic mass is 10.2. The van der Waals surface area contributed by atoms with Gasteiger partial charge >= 0.3 is 0 Å². The van der Waals surface area contributed by atoms with Gasteiger partial charge < -0.3 is 4.57 Å². The highest BCUT2D eigenvalue weighted by Gasteiger charge is 2.13. The van der Waals surface area contributed by atoms with E-state index in [1.165, 1.54) is 0 Å². The van der Waals surface area contributed by atoms with Gasteiger partial charge in [0, 0.05) is 22.9 Å². The molecule has 124 valence electrons. The van der Waals surface area contributed by atoms with Gasteiger partial charge in [0.2, 0.25) is 0 Å². The van der Waals surface area contributed by atoms with E-state index in [2.05, 4.69) is 21.7 Å². The van der Waals surface area contributed by atoms with Crippen LogP contribution >= 0.6 is 46.6 Å². The summed E-state index contributed by atoms with van der Waals surface area (Å²) in [5.74, 6) is 1.58. The summed E-state index contributed by atoms with van der Waals surface area (Å²) in [4.78, 5) is 0. The van der Waals surface area contributed by atoms with Crippen molar-refractivity contribution < 1.29 is 0 Å². The summed E-state index contributed by atoms with van der Waals surface area (Å²) in [6.45, 7) is 2.86. The van der Waals surface area contributed by atoms with Crippen molar-refractivity contribution >= 4 is 46.6 Å². The van der Waals surface area contributed by atoms with E-state index in [1.54, 1.807) is 11.8 Å². The first-order valence-electron chi connectivity index (χ1n) is 7.34. The molecule has 0 radical (unpaired) electrons. The van der Waals surface area contributed by atoms with Crippen molar-refractivity contribution in [3.63, 3.8) is 0 Å². The number of aromatic nitrogens is 3. The van der Waals surface area contributed by atoms with Crippen molar-refractivity contribution in [3.8, 4) is 11.4 Å². The Morgan fingerprint density at radius 3 is 2.38 bits per heavy atom. The third-order valence-electron chi connectivity index (χ3n) is 3.49. The smallest absolute Gasteiger partial charge is 0.191 e. The summed E-state index contributed by atoms with van der Waals surface area (Å²) in [5.41, 5.74) is 2.09. The van der Waals surface area contributed by atoms with Crippen molar-refractivity contribution in [2.75, 3.05) is 0 Å². The van der Waals surface area contributed by atoms with E-state index in [0.717, 1.165) is 34.4 Å². The van der Waals surface area contributed by atoms with E-state index in [4.69, 9.17) is 34.8 Å². The topological polar surface area (TPSA) is 30.7 Å². The maximum absolute atomic E-state index is 6.07. The van der Waals surface area contributed by atoms with Crippen LogP contribution in [0.4, 0.5) is 0 Å². The first kappa shape index (κ1) is 17.6. The molecule has 0 atom stereocenters. The fraction of sp³-hybridized carbons (Fsp3) is 0.176. The molecule has 0 unspecified atom stereocenters.